The Morgan fingerprint density at radius 3 is 2.79 bits per heavy atom. The average molecular weight is 276 g/mol. The molecule has 1 atom stereocenters. The number of carbonyl (C=O) groups excluding carboxylic acids is 1. The molecular formula is C12H15F3N2O2. The summed E-state index contributed by atoms with van der Waals surface area (Å²) in [7, 11) is 1.55. The van der Waals surface area contributed by atoms with Gasteiger partial charge in [-0.15, -0.1) is 0 Å². The van der Waals surface area contributed by atoms with Gasteiger partial charge in [0.15, 0.2) is 0 Å². The van der Waals surface area contributed by atoms with Crippen LogP contribution in [0.5, 0.6) is 0 Å². The summed E-state index contributed by atoms with van der Waals surface area (Å²) in [4.78, 5) is 11.8. The molecule has 1 aromatic heterocycles. The molecular weight excluding hydrogens is 261 g/mol. The van der Waals surface area contributed by atoms with Crippen LogP contribution in [0.1, 0.15) is 35.1 Å². The Kier molecular flexibility index (Phi) is 3.56. The Hall–Kier alpha value is -1.53. The second-order valence-corrected chi connectivity index (χ2v) is 4.60. The fourth-order valence-electron chi connectivity index (χ4n) is 2.43. The highest BCUT2D eigenvalue weighted by atomic mass is 19.4. The monoisotopic (exact) mass is 276 g/mol. The average Bonchev–Trinajstić information content (AvgIpc) is 2.62. The summed E-state index contributed by atoms with van der Waals surface area (Å²) >= 11 is 0. The Balaban J connectivity index is 2.34. The van der Waals surface area contributed by atoms with Crippen LogP contribution in [-0.4, -0.2) is 28.5 Å². The third-order valence-corrected chi connectivity index (χ3v) is 3.34. The summed E-state index contributed by atoms with van der Waals surface area (Å²) < 4.78 is 44.5. The molecule has 0 aliphatic heterocycles. The summed E-state index contributed by atoms with van der Waals surface area (Å²) in [6, 6.07) is 0. The van der Waals surface area contributed by atoms with Gasteiger partial charge in [-0.2, -0.15) is 18.3 Å². The number of rotatable bonds is 2. The SMILES string of the molecule is CCOC(=O)c1c2c(nn1C)CCC(C(F)(F)F)C2. The molecule has 0 saturated heterocycles. The number of nitrogens with zero attached hydrogens (tertiary/aromatic N) is 2. The molecule has 0 N–H and O–H groups in total. The molecule has 2 rings (SSSR count). The molecule has 0 bridgehead atoms. The van der Waals surface area contributed by atoms with Crippen LogP contribution in [0, 0.1) is 5.92 Å². The lowest BCUT2D eigenvalue weighted by atomic mass is 9.86. The minimum atomic E-state index is -4.24. The standard InChI is InChI=1S/C12H15F3N2O2/c1-3-19-11(18)10-8-6-7(12(13,14)15)4-5-9(8)16-17(10)2/h7H,3-6H2,1-2H3. The maximum Gasteiger partial charge on any atom is 0.392 e. The van der Waals surface area contributed by atoms with Crippen molar-refractivity contribution < 1.29 is 22.7 Å². The highest BCUT2D eigenvalue weighted by molar-refractivity contribution is 5.89. The van der Waals surface area contributed by atoms with E-state index in [0.29, 0.717) is 11.3 Å². The topological polar surface area (TPSA) is 44.1 Å². The molecule has 19 heavy (non-hydrogen) atoms. The van der Waals surface area contributed by atoms with Crippen molar-refractivity contribution in [2.45, 2.75) is 32.4 Å². The molecule has 1 unspecified atom stereocenters. The Bertz CT molecular complexity index is 494. The van der Waals surface area contributed by atoms with E-state index in [-0.39, 0.29) is 31.6 Å². The first kappa shape index (κ1) is 13.9. The molecule has 1 aromatic rings. The fourth-order valence-corrected chi connectivity index (χ4v) is 2.43. The van der Waals surface area contributed by atoms with Gasteiger partial charge < -0.3 is 4.74 Å². The van der Waals surface area contributed by atoms with Crippen LogP contribution in [0.2, 0.25) is 0 Å². The lowest BCUT2D eigenvalue weighted by molar-refractivity contribution is -0.177. The third kappa shape index (κ3) is 2.59. The Morgan fingerprint density at radius 2 is 2.21 bits per heavy atom. The molecule has 1 aliphatic carbocycles. The lowest BCUT2D eigenvalue weighted by Crippen LogP contribution is -2.29. The first-order valence-corrected chi connectivity index (χ1v) is 6.13. The second kappa shape index (κ2) is 4.86. The van der Waals surface area contributed by atoms with E-state index >= 15 is 0 Å². The van der Waals surface area contributed by atoms with Gasteiger partial charge >= 0.3 is 12.1 Å². The number of ether oxygens (including phenoxy) is 1. The number of aromatic nitrogens is 2. The molecule has 106 valence electrons. The summed E-state index contributed by atoms with van der Waals surface area (Å²) in [5, 5.41) is 4.12. The van der Waals surface area contributed by atoms with Gasteiger partial charge in [-0.1, -0.05) is 0 Å². The van der Waals surface area contributed by atoms with Crippen LogP contribution in [-0.2, 0) is 24.6 Å². The van der Waals surface area contributed by atoms with E-state index in [2.05, 4.69) is 5.10 Å². The molecule has 1 aliphatic rings. The first-order valence-electron chi connectivity index (χ1n) is 6.13. The predicted octanol–water partition coefficient (Wildman–Crippen LogP) is 2.26. The predicted molar refractivity (Wildman–Crippen MR) is 60.7 cm³/mol. The van der Waals surface area contributed by atoms with Gasteiger partial charge in [0, 0.05) is 12.6 Å². The van der Waals surface area contributed by atoms with Crippen molar-refractivity contribution in [1.29, 1.82) is 0 Å². The van der Waals surface area contributed by atoms with Crippen molar-refractivity contribution >= 4 is 5.97 Å². The quantitative estimate of drug-likeness (QED) is 0.778. The summed E-state index contributed by atoms with van der Waals surface area (Å²) in [6.07, 6.45) is -4.16. The van der Waals surface area contributed by atoms with Gasteiger partial charge in [0.2, 0.25) is 0 Å². The molecule has 0 saturated carbocycles. The van der Waals surface area contributed by atoms with Crippen LogP contribution in [0.3, 0.4) is 0 Å². The number of hydrogen-bond acceptors (Lipinski definition) is 3. The van der Waals surface area contributed by atoms with E-state index in [1.54, 1.807) is 14.0 Å². The fraction of sp³-hybridized carbons (Fsp3) is 0.667. The van der Waals surface area contributed by atoms with Gasteiger partial charge in [-0.3, -0.25) is 4.68 Å². The number of carbonyl (C=O) groups is 1. The largest absolute Gasteiger partial charge is 0.461 e. The molecule has 0 spiro atoms. The van der Waals surface area contributed by atoms with Crippen LogP contribution in [0.4, 0.5) is 13.2 Å². The molecule has 1 heterocycles. The number of halogens is 3. The highest BCUT2D eigenvalue weighted by Gasteiger charge is 2.43. The van der Waals surface area contributed by atoms with Crippen LogP contribution in [0.15, 0.2) is 0 Å². The zero-order valence-corrected chi connectivity index (χ0v) is 10.8. The minimum absolute atomic E-state index is 0.0236. The molecule has 0 fully saturated rings. The van der Waals surface area contributed by atoms with Crippen LogP contribution < -0.4 is 0 Å². The second-order valence-electron chi connectivity index (χ2n) is 4.60. The van der Waals surface area contributed by atoms with Crippen molar-refractivity contribution in [3.63, 3.8) is 0 Å². The molecule has 0 aromatic carbocycles. The normalized spacial score (nSPS) is 19.1. The van der Waals surface area contributed by atoms with Crippen LogP contribution >= 0.6 is 0 Å². The van der Waals surface area contributed by atoms with Crippen molar-refractivity contribution in [2.24, 2.45) is 13.0 Å². The van der Waals surface area contributed by atoms with E-state index in [9.17, 15) is 18.0 Å². The van der Waals surface area contributed by atoms with Crippen molar-refractivity contribution in [2.75, 3.05) is 6.61 Å². The van der Waals surface area contributed by atoms with Gasteiger partial charge in [0.25, 0.3) is 0 Å². The van der Waals surface area contributed by atoms with Crippen molar-refractivity contribution in [1.82, 2.24) is 9.78 Å². The summed E-state index contributed by atoms with van der Waals surface area (Å²) in [5.41, 5.74) is 1.10. The van der Waals surface area contributed by atoms with E-state index in [0.717, 1.165) is 0 Å². The molecule has 7 heteroatoms. The number of esters is 1. The number of fused-ring (bicyclic) bond motifs is 1. The van der Waals surface area contributed by atoms with Gasteiger partial charge in [-0.05, 0) is 26.2 Å². The number of alkyl halides is 3. The van der Waals surface area contributed by atoms with Gasteiger partial charge in [-0.25, -0.2) is 4.79 Å². The summed E-state index contributed by atoms with van der Waals surface area (Å²) in [6.45, 7) is 1.83. The molecule has 0 amide bonds. The maximum absolute atomic E-state index is 12.8. The molecule has 0 radical (unpaired) electrons. The van der Waals surface area contributed by atoms with Crippen LogP contribution in [0.25, 0.3) is 0 Å². The number of aryl methyl sites for hydroxylation is 2. The smallest absolute Gasteiger partial charge is 0.392 e. The Labute approximate surface area is 108 Å². The van der Waals surface area contributed by atoms with Crippen molar-refractivity contribution in [3.8, 4) is 0 Å². The van der Waals surface area contributed by atoms with Gasteiger partial charge in [0.05, 0.1) is 18.2 Å². The van der Waals surface area contributed by atoms with E-state index in [1.807, 2.05) is 0 Å². The highest BCUT2D eigenvalue weighted by Crippen LogP contribution is 2.37. The number of hydrogen-bond donors (Lipinski definition) is 0. The molecule has 4 nitrogen and oxygen atoms in total. The minimum Gasteiger partial charge on any atom is -0.461 e. The first-order chi connectivity index (χ1) is 8.84. The summed E-state index contributed by atoms with van der Waals surface area (Å²) in [5.74, 6) is -2.01. The van der Waals surface area contributed by atoms with Crippen molar-refractivity contribution in [3.05, 3.63) is 17.0 Å². The lowest BCUT2D eigenvalue weighted by Gasteiger charge is -2.24. The van der Waals surface area contributed by atoms with E-state index < -0.39 is 18.1 Å². The zero-order valence-electron chi connectivity index (χ0n) is 10.8. The van der Waals surface area contributed by atoms with E-state index in [1.165, 1.54) is 4.68 Å². The van der Waals surface area contributed by atoms with Gasteiger partial charge in [0.1, 0.15) is 5.69 Å². The van der Waals surface area contributed by atoms with E-state index in [4.69, 9.17) is 4.74 Å². The maximum atomic E-state index is 12.8. The Morgan fingerprint density at radius 1 is 1.53 bits per heavy atom. The third-order valence-electron chi connectivity index (χ3n) is 3.34. The zero-order chi connectivity index (χ0) is 14.2.